The molecule has 3 amide bonds. The highest BCUT2D eigenvalue weighted by Crippen LogP contribution is 2.53. The molecular weight excluding hydrogens is 460 g/mol. The van der Waals surface area contributed by atoms with Crippen molar-refractivity contribution in [1.29, 1.82) is 0 Å². The highest BCUT2D eigenvalue weighted by molar-refractivity contribution is 6.31. The van der Waals surface area contributed by atoms with Gasteiger partial charge in [0.15, 0.2) is 6.61 Å². The Morgan fingerprint density at radius 1 is 1.03 bits per heavy atom. The molecule has 1 heterocycles. The Bertz CT molecular complexity index is 1190. The molecule has 2 fully saturated rings. The van der Waals surface area contributed by atoms with Crippen molar-refractivity contribution in [3.05, 3.63) is 65.2 Å². The van der Waals surface area contributed by atoms with Gasteiger partial charge >= 0.3 is 5.97 Å². The monoisotopic (exact) mass is 480 g/mol. The Morgan fingerprint density at radius 2 is 1.68 bits per heavy atom. The maximum absolute atomic E-state index is 12.9. The lowest BCUT2D eigenvalue weighted by Crippen LogP contribution is -2.32. The van der Waals surface area contributed by atoms with Crippen molar-refractivity contribution in [2.24, 2.45) is 23.7 Å². The molecular formula is C25H21ClN2O6. The second-order valence-corrected chi connectivity index (χ2v) is 8.96. The van der Waals surface area contributed by atoms with Gasteiger partial charge in [0.05, 0.1) is 35.9 Å². The van der Waals surface area contributed by atoms with E-state index in [1.165, 1.54) is 30.2 Å². The zero-order chi connectivity index (χ0) is 24.0. The lowest BCUT2D eigenvalue weighted by Gasteiger charge is -2.17. The third kappa shape index (κ3) is 3.74. The molecule has 2 aromatic rings. The molecule has 9 heteroatoms. The van der Waals surface area contributed by atoms with Crippen LogP contribution in [0.5, 0.6) is 5.75 Å². The fraction of sp³-hybridized carbons (Fsp3) is 0.280. The van der Waals surface area contributed by atoms with Gasteiger partial charge in [-0.1, -0.05) is 23.8 Å². The van der Waals surface area contributed by atoms with E-state index in [9.17, 15) is 19.2 Å². The average Bonchev–Trinajstić information content (AvgIpc) is 3.51. The number of hydrogen-bond acceptors (Lipinski definition) is 6. The molecule has 1 aliphatic heterocycles. The largest absolute Gasteiger partial charge is 0.495 e. The van der Waals surface area contributed by atoms with E-state index in [1.807, 2.05) is 12.2 Å². The molecule has 34 heavy (non-hydrogen) atoms. The van der Waals surface area contributed by atoms with Gasteiger partial charge in [-0.25, -0.2) is 4.79 Å². The molecule has 174 valence electrons. The summed E-state index contributed by atoms with van der Waals surface area (Å²) < 4.78 is 10.3. The third-order valence-electron chi connectivity index (χ3n) is 6.60. The van der Waals surface area contributed by atoms with Gasteiger partial charge in [0.2, 0.25) is 11.8 Å². The van der Waals surface area contributed by atoms with E-state index in [4.69, 9.17) is 21.1 Å². The molecule has 4 atom stereocenters. The molecule has 1 saturated carbocycles. The summed E-state index contributed by atoms with van der Waals surface area (Å²) in [5, 5.41) is 3.00. The number of anilines is 2. The number of carbonyl (C=O) groups is 4. The molecule has 1 N–H and O–H groups in total. The number of ether oxygens (including phenoxy) is 2. The summed E-state index contributed by atoms with van der Waals surface area (Å²) in [6.45, 7) is -0.515. The molecule has 0 aromatic heterocycles. The number of amides is 3. The van der Waals surface area contributed by atoms with E-state index in [2.05, 4.69) is 5.32 Å². The summed E-state index contributed by atoms with van der Waals surface area (Å²) in [4.78, 5) is 51.7. The van der Waals surface area contributed by atoms with E-state index in [0.717, 1.165) is 6.42 Å². The smallest absolute Gasteiger partial charge is 0.338 e. The van der Waals surface area contributed by atoms with E-state index < -0.39 is 18.5 Å². The summed E-state index contributed by atoms with van der Waals surface area (Å²) in [7, 11) is 1.46. The van der Waals surface area contributed by atoms with Crippen LogP contribution < -0.4 is 15.0 Å². The number of nitrogens with zero attached hydrogens (tertiary/aromatic N) is 1. The van der Waals surface area contributed by atoms with Crippen LogP contribution in [0.4, 0.5) is 11.4 Å². The molecule has 1 saturated heterocycles. The predicted octanol–water partition coefficient (Wildman–Crippen LogP) is 3.46. The molecule has 2 bridgehead atoms. The minimum Gasteiger partial charge on any atom is -0.495 e. The lowest BCUT2D eigenvalue weighted by atomic mass is 9.85. The van der Waals surface area contributed by atoms with Gasteiger partial charge in [-0.2, -0.15) is 0 Å². The van der Waals surface area contributed by atoms with Crippen molar-refractivity contribution in [3.63, 3.8) is 0 Å². The first-order valence-electron chi connectivity index (χ1n) is 10.8. The first kappa shape index (κ1) is 22.2. The Morgan fingerprint density at radius 3 is 2.29 bits per heavy atom. The number of fused-ring (bicyclic) bond motifs is 5. The fourth-order valence-corrected chi connectivity index (χ4v) is 5.25. The third-order valence-corrected chi connectivity index (χ3v) is 6.84. The number of carbonyl (C=O) groups excluding carboxylic acids is 4. The van der Waals surface area contributed by atoms with Crippen LogP contribution >= 0.6 is 11.6 Å². The number of nitrogens with one attached hydrogen (secondary N) is 1. The first-order valence-corrected chi connectivity index (χ1v) is 11.2. The topological polar surface area (TPSA) is 102 Å². The van der Waals surface area contributed by atoms with E-state index >= 15 is 0 Å². The van der Waals surface area contributed by atoms with Crippen LogP contribution in [0, 0.1) is 23.7 Å². The van der Waals surface area contributed by atoms with Crippen molar-refractivity contribution in [1.82, 2.24) is 0 Å². The zero-order valence-electron chi connectivity index (χ0n) is 18.2. The van der Waals surface area contributed by atoms with E-state index in [0.29, 0.717) is 22.1 Å². The van der Waals surface area contributed by atoms with Crippen LogP contribution in [-0.4, -0.2) is 37.4 Å². The van der Waals surface area contributed by atoms with Gasteiger partial charge in [-0.05, 0) is 60.7 Å². The van der Waals surface area contributed by atoms with Crippen LogP contribution in [0.1, 0.15) is 16.8 Å². The summed E-state index contributed by atoms with van der Waals surface area (Å²) in [6.07, 6.45) is 4.94. The number of halogens is 1. The van der Waals surface area contributed by atoms with Crippen molar-refractivity contribution in [2.45, 2.75) is 6.42 Å². The normalized spacial score (nSPS) is 24.4. The number of rotatable bonds is 6. The van der Waals surface area contributed by atoms with Gasteiger partial charge in [0.1, 0.15) is 5.75 Å². The van der Waals surface area contributed by atoms with Crippen LogP contribution in [0.25, 0.3) is 0 Å². The number of benzene rings is 2. The number of esters is 1. The predicted molar refractivity (Wildman–Crippen MR) is 124 cm³/mol. The highest BCUT2D eigenvalue weighted by Gasteiger charge is 2.59. The molecule has 2 aromatic carbocycles. The van der Waals surface area contributed by atoms with Gasteiger partial charge in [-0.3, -0.25) is 19.3 Å². The van der Waals surface area contributed by atoms with Crippen molar-refractivity contribution in [3.8, 4) is 5.75 Å². The van der Waals surface area contributed by atoms with Gasteiger partial charge < -0.3 is 14.8 Å². The van der Waals surface area contributed by atoms with Crippen molar-refractivity contribution in [2.75, 3.05) is 23.9 Å². The number of allylic oxidation sites excluding steroid dienone is 2. The lowest BCUT2D eigenvalue weighted by molar-refractivity contribution is -0.123. The molecule has 0 unspecified atom stereocenters. The summed E-state index contributed by atoms with van der Waals surface area (Å²) in [6, 6.07) is 10.8. The van der Waals surface area contributed by atoms with E-state index in [-0.39, 0.29) is 41.0 Å². The Balaban J connectivity index is 1.20. The van der Waals surface area contributed by atoms with Crippen LogP contribution in [0.15, 0.2) is 54.6 Å². The average molecular weight is 481 g/mol. The summed E-state index contributed by atoms with van der Waals surface area (Å²) in [5.41, 5.74) is 0.970. The number of methoxy groups -OCH3 is 1. The molecule has 8 nitrogen and oxygen atoms in total. The van der Waals surface area contributed by atoms with Crippen molar-refractivity contribution >= 4 is 46.7 Å². The van der Waals surface area contributed by atoms with Crippen LogP contribution in [0.2, 0.25) is 5.02 Å². The first-order chi connectivity index (χ1) is 16.4. The fourth-order valence-electron chi connectivity index (χ4n) is 5.08. The number of imide groups is 1. The quantitative estimate of drug-likeness (QED) is 0.386. The van der Waals surface area contributed by atoms with Gasteiger partial charge in [-0.15, -0.1) is 0 Å². The van der Waals surface area contributed by atoms with Crippen LogP contribution in [-0.2, 0) is 19.1 Å². The standard InChI is InChI=1S/C25H21ClN2O6/c1-33-19-9-6-16(26)11-18(19)27-20(29)12-34-25(32)13-4-7-17(8-5-13)28-23(30)21-14-2-3-15(10-14)22(21)24(28)31/h2-9,11,14-15,21-22H,10,12H2,1H3,(H,27,29)/t14-,15-,21-,22+/m0/s1. The van der Waals surface area contributed by atoms with E-state index in [1.54, 1.807) is 24.3 Å². The Hall–Kier alpha value is -3.65. The molecule has 5 rings (SSSR count). The van der Waals surface area contributed by atoms with Crippen molar-refractivity contribution < 1.29 is 28.7 Å². The summed E-state index contributed by atoms with van der Waals surface area (Å²) in [5.74, 6) is -1.55. The maximum atomic E-state index is 12.9. The molecule has 2 aliphatic carbocycles. The SMILES string of the molecule is COc1ccc(Cl)cc1NC(=O)COC(=O)c1ccc(N2C(=O)[C@@H]3[C@H](C2=O)[C@H]2C=C[C@H]3C2)cc1. The van der Waals surface area contributed by atoms with Gasteiger partial charge in [0, 0.05) is 5.02 Å². The zero-order valence-corrected chi connectivity index (χ0v) is 19.0. The minimum atomic E-state index is -0.710. The molecule has 0 spiro atoms. The van der Waals surface area contributed by atoms with Crippen LogP contribution in [0.3, 0.4) is 0 Å². The maximum Gasteiger partial charge on any atom is 0.338 e. The number of hydrogen-bond donors (Lipinski definition) is 1. The second kappa shape index (κ2) is 8.61. The van der Waals surface area contributed by atoms with Gasteiger partial charge in [0.25, 0.3) is 5.91 Å². The minimum absolute atomic E-state index is 0.128. The second-order valence-electron chi connectivity index (χ2n) is 8.53. The molecule has 3 aliphatic rings. The highest BCUT2D eigenvalue weighted by atomic mass is 35.5. The molecule has 0 radical (unpaired) electrons. The Labute approximate surface area is 200 Å². The summed E-state index contributed by atoms with van der Waals surface area (Å²) >= 11 is 5.95. The Kier molecular flexibility index (Phi) is 5.61.